The van der Waals surface area contributed by atoms with Crippen molar-refractivity contribution >= 4 is 5.97 Å². The van der Waals surface area contributed by atoms with Gasteiger partial charge in [-0.1, -0.05) is 0 Å². The van der Waals surface area contributed by atoms with Crippen molar-refractivity contribution in [1.82, 2.24) is 4.90 Å². The molecule has 0 aromatic heterocycles. The minimum atomic E-state index is -0.236. The van der Waals surface area contributed by atoms with Crippen molar-refractivity contribution in [1.29, 1.82) is 0 Å². The van der Waals surface area contributed by atoms with Crippen LogP contribution in [0.15, 0.2) is 0 Å². The van der Waals surface area contributed by atoms with E-state index in [0.29, 0.717) is 6.61 Å². The Morgan fingerprint density at radius 2 is 2.00 bits per heavy atom. The van der Waals surface area contributed by atoms with Gasteiger partial charge in [-0.25, -0.2) is 0 Å². The van der Waals surface area contributed by atoms with Gasteiger partial charge < -0.3 is 14.4 Å². The summed E-state index contributed by atoms with van der Waals surface area (Å²) < 4.78 is 9.38. The highest BCUT2D eigenvalue weighted by Crippen LogP contribution is 2.07. The molecule has 0 radical (unpaired) electrons. The van der Waals surface area contributed by atoms with E-state index in [1.807, 2.05) is 26.0 Å². The summed E-state index contributed by atoms with van der Waals surface area (Å²) in [5.41, 5.74) is 0. The fourth-order valence-electron chi connectivity index (χ4n) is 0.375. The van der Waals surface area contributed by atoms with Crippen molar-refractivity contribution in [2.75, 3.05) is 34.4 Å². The fourth-order valence-corrected chi connectivity index (χ4v) is 0.375. The molecule has 1 unspecified atom stereocenters. The van der Waals surface area contributed by atoms with Crippen LogP contribution in [-0.4, -0.2) is 51.3 Å². The first kappa shape index (κ1) is 11.4. The van der Waals surface area contributed by atoms with Gasteiger partial charge in [0.1, 0.15) is 12.7 Å². The van der Waals surface area contributed by atoms with Gasteiger partial charge in [0.25, 0.3) is 0 Å². The molecule has 72 valence electrons. The Labute approximate surface area is 73.4 Å². The van der Waals surface area contributed by atoms with Crippen molar-refractivity contribution in [3.8, 4) is 0 Å². The Kier molecular flexibility index (Phi) is 5.66. The summed E-state index contributed by atoms with van der Waals surface area (Å²) in [6, 6.07) is 0. The highest BCUT2D eigenvalue weighted by molar-refractivity contribution is 5.65. The summed E-state index contributed by atoms with van der Waals surface area (Å²) in [5.74, 6) is -0.236. The van der Waals surface area contributed by atoms with Crippen molar-refractivity contribution in [3.63, 3.8) is 0 Å². The van der Waals surface area contributed by atoms with E-state index < -0.39 is 0 Å². The molecular weight excluding hydrogens is 158 g/mol. The molecule has 0 aromatic carbocycles. The standard InChI is InChI=1S/C5H8O3.C3H9N/c1-4(6)7-2-5-3-8-5;1-4(2)3/h5H,2-3H2,1H3;1-3H3. The molecule has 12 heavy (non-hydrogen) atoms. The first-order chi connectivity index (χ1) is 5.52. The van der Waals surface area contributed by atoms with Crippen molar-refractivity contribution in [3.05, 3.63) is 0 Å². The number of nitrogens with zero attached hydrogens (tertiary/aromatic N) is 1. The molecule has 0 N–H and O–H groups in total. The zero-order valence-corrected chi connectivity index (χ0v) is 8.16. The lowest BCUT2D eigenvalue weighted by molar-refractivity contribution is -0.141. The summed E-state index contributed by atoms with van der Waals surface area (Å²) in [7, 11) is 6.00. The van der Waals surface area contributed by atoms with Gasteiger partial charge in [0.2, 0.25) is 0 Å². The number of rotatable bonds is 2. The average Bonchev–Trinajstić information content (AvgIpc) is 2.63. The van der Waals surface area contributed by atoms with Crippen molar-refractivity contribution < 1.29 is 14.3 Å². The molecule has 1 fully saturated rings. The molecule has 1 aliphatic heterocycles. The number of esters is 1. The summed E-state index contributed by atoms with van der Waals surface area (Å²) in [5, 5.41) is 0. The van der Waals surface area contributed by atoms with E-state index in [9.17, 15) is 4.79 Å². The van der Waals surface area contributed by atoms with Crippen LogP contribution in [0, 0.1) is 0 Å². The number of carbonyl (C=O) groups is 1. The monoisotopic (exact) mass is 175 g/mol. The summed E-state index contributed by atoms with van der Waals surface area (Å²) in [6.45, 7) is 2.56. The third kappa shape index (κ3) is 12.1. The second kappa shape index (κ2) is 5.97. The minimum Gasteiger partial charge on any atom is -0.463 e. The molecule has 1 heterocycles. The van der Waals surface area contributed by atoms with E-state index in [2.05, 4.69) is 4.74 Å². The molecule has 0 amide bonds. The van der Waals surface area contributed by atoms with Crippen LogP contribution in [0.5, 0.6) is 0 Å². The number of hydrogen-bond donors (Lipinski definition) is 0. The van der Waals surface area contributed by atoms with E-state index in [1.165, 1.54) is 6.92 Å². The molecule has 4 heteroatoms. The average molecular weight is 175 g/mol. The zero-order valence-electron chi connectivity index (χ0n) is 8.16. The highest BCUT2D eigenvalue weighted by atomic mass is 16.6. The van der Waals surface area contributed by atoms with E-state index in [1.54, 1.807) is 0 Å². The van der Waals surface area contributed by atoms with Crippen LogP contribution in [0.1, 0.15) is 6.92 Å². The number of carbonyl (C=O) groups excluding carboxylic acids is 1. The van der Waals surface area contributed by atoms with Gasteiger partial charge in [0.05, 0.1) is 6.61 Å². The minimum absolute atomic E-state index is 0.193. The maximum absolute atomic E-state index is 10.1. The normalized spacial score (nSPS) is 19.6. The zero-order chi connectivity index (χ0) is 9.56. The Bertz CT molecular complexity index is 130. The molecule has 1 aliphatic rings. The maximum atomic E-state index is 10.1. The Morgan fingerprint density at radius 3 is 2.25 bits per heavy atom. The lowest BCUT2D eigenvalue weighted by Crippen LogP contribution is -2.05. The number of ether oxygens (including phenoxy) is 2. The van der Waals surface area contributed by atoms with Crippen LogP contribution < -0.4 is 0 Å². The Hall–Kier alpha value is -0.610. The predicted molar refractivity (Wildman–Crippen MR) is 46.0 cm³/mol. The molecule has 0 aliphatic carbocycles. The Balaban J connectivity index is 0.000000261. The van der Waals surface area contributed by atoms with Crippen LogP contribution in [0.4, 0.5) is 0 Å². The number of epoxide rings is 1. The van der Waals surface area contributed by atoms with Gasteiger partial charge in [0, 0.05) is 6.92 Å². The molecule has 1 rings (SSSR count). The Morgan fingerprint density at radius 1 is 1.58 bits per heavy atom. The summed E-state index contributed by atoms with van der Waals surface area (Å²) in [6.07, 6.45) is 0.193. The first-order valence-corrected chi connectivity index (χ1v) is 3.88. The predicted octanol–water partition coefficient (Wildman–Crippen LogP) is 0.126. The van der Waals surface area contributed by atoms with E-state index in [0.717, 1.165) is 6.61 Å². The van der Waals surface area contributed by atoms with Crippen LogP contribution in [-0.2, 0) is 14.3 Å². The third-order valence-corrected chi connectivity index (χ3v) is 0.875. The molecule has 4 nitrogen and oxygen atoms in total. The molecule has 1 atom stereocenters. The highest BCUT2D eigenvalue weighted by Gasteiger charge is 2.23. The van der Waals surface area contributed by atoms with E-state index in [4.69, 9.17) is 4.74 Å². The lowest BCUT2D eigenvalue weighted by Gasteiger charge is -1.93. The van der Waals surface area contributed by atoms with Crippen molar-refractivity contribution in [2.45, 2.75) is 13.0 Å². The van der Waals surface area contributed by atoms with Crippen LogP contribution >= 0.6 is 0 Å². The second-order valence-corrected chi connectivity index (χ2v) is 3.10. The SMILES string of the molecule is CC(=O)OCC1CO1.CN(C)C. The van der Waals surface area contributed by atoms with E-state index in [-0.39, 0.29) is 12.1 Å². The van der Waals surface area contributed by atoms with Gasteiger partial charge in [-0.2, -0.15) is 0 Å². The van der Waals surface area contributed by atoms with Gasteiger partial charge in [-0.3, -0.25) is 4.79 Å². The van der Waals surface area contributed by atoms with Crippen molar-refractivity contribution in [2.24, 2.45) is 0 Å². The van der Waals surface area contributed by atoms with Crippen LogP contribution in [0.25, 0.3) is 0 Å². The van der Waals surface area contributed by atoms with Crippen LogP contribution in [0.3, 0.4) is 0 Å². The molecule has 0 spiro atoms. The molecular formula is C8H17NO3. The second-order valence-electron chi connectivity index (χ2n) is 3.10. The smallest absolute Gasteiger partial charge is 0.302 e. The van der Waals surface area contributed by atoms with Gasteiger partial charge in [-0.15, -0.1) is 0 Å². The summed E-state index contributed by atoms with van der Waals surface area (Å²) >= 11 is 0. The fraction of sp³-hybridized carbons (Fsp3) is 0.875. The summed E-state index contributed by atoms with van der Waals surface area (Å²) in [4.78, 5) is 12.1. The number of hydrogen-bond acceptors (Lipinski definition) is 4. The molecule has 1 saturated heterocycles. The molecule has 0 aromatic rings. The lowest BCUT2D eigenvalue weighted by atomic mass is 10.5. The molecule has 0 bridgehead atoms. The van der Waals surface area contributed by atoms with Gasteiger partial charge >= 0.3 is 5.97 Å². The topological polar surface area (TPSA) is 42.1 Å². The quantitative estimate of drug-likeness (QED) is 0.442. The van der Waals surface area contributed by atoms with Gasteiger partial charge in [-0.05, 0) is 21.1 Å². The largest absolute Gasteiger partial charge is 0.463 e. The maximum Gasteiger partial charge on any atom is 0.302 e. The van der Waals surface area contributed by atoms with Crippen LogP contribution in [0.2, 0.25) is 0 Å². The first-order valence-electron chi connectivity index (χ1n) is 3.88. The van der Waals surface area contributed by atoms with Gasteiger partial charge in [0.15, 0.2) is 0 Å². The van der Waals surface area contributed by atoms with E-state index >= 15 is 0 Å². The third-order valence-electron chi connectivity index (χ3n) is 0.875. The molecule has 0 saturated carbocycles.